The molecule has 168 valence electrons. The van der Waals surface area contributed by atoms with Crippen LogP contribution in [-0.2, 0) is 16.1 Å². The van der Waals surface area contributed by atoms with E-state index in [9.17, 15) is 19.5 Å². The zero-order valence-electron chi connectivity index (χ0n) is 16.5. The molecule has 0 saturated carbocycles. The quantitative estimate of drug-likeness (QED) is 0.218. The summed E-state index contributed by atoms with van der Waals surface area (Å²) in [6.07, 6.45) is 0.858. The summed E-state index contributed by atoms with van der Waals surface area (Å²) in [6.45, 7) is 0.245. The van der Waals surface area contributed by atoms with Gasteiger partial charge in [-0.2, -0.15) is 9.97 Å². The van der Waals surface area contributed by atoms with Crippen LogP contribution in [0.15, 0.2) is 30.5 Å². The summed E-state index contributed by atoms with van der Waals surface area (Å²) < 4.78 is 0. The Morgan fingerprint density at radius 1 is 1.06 bits per heavy atom. The summed E-state index contributed by atoms with van der Waals surface area (Å²) in [6, 6.07) is 4.89. The van der Waals surface area contributed by atoms with Gasteiger partial charge in [0.2, 0.25) is 11.8 Å². The van der Waals surface area contributed by atoms with Crippen LogP contribution in [0.5, 0.6) is 5.88 Å². The number of hydrogen-bond acceptors (Lipinski definition) is 10. The minimum atomic E-state index is -1.31. The van der Waals surface area contributed by atoms with Crippen molar-refractivity contribution in [3.63, 3.8) is 0 Å². The van der Waals surface area contributed by atoms with E-state index in [1.165, 1.54) is 18.3 Å². The maximum atomic E-state index is 12.3. The van der Waals surface area contributed by atoms with Gasteiger partial charge in [-0.05, 0) is 30.7 Å². The number of nitrogens with two attached hydrogens (primary N) is 1. The van der Waals surface area contributed by atoms with E-state index in [0.29, 0.717) is 11.4 Å². The number of nitrogens with zero attached hydrogens (tertiary/aromatic N) is 4. The van der Waals surface area contributed by atoms with E-state index in [2.05, 4.69) is 30.6 Å². The summed E-state index contributed by atoms with van der Waals surface area (Å²) in [7, 11) is 0. The van der Waals surface area contributed by atoms with Gasteiger partial charge < -0.3 is 31.7 Å². The molecule has 1 unspecified atom stereocenters. The number of amides is 1. The van der Waals surface area contributed by atoms with Crippen molar-refractivity contribution in [3.05, 3.63) is 41.7 Å². The number of fused-ring (bicyclic) bond motifs is 1. The first-order valence-electron chi connectivity index (χ1n) is 9.30. The molecular formula is C19H20KN7O6. The number of anilines is 2. The van der Waals surface area contributed by atoms with Crippen molar-refractivity contribution in [2.75, 3.05) is 11.1 Å². The number of aromatic nitrogens is 4. The Hall–Kier alpha value is -2.91. The molecule has 1 atom stereocenters. The Kier molecular flexibility index (Phi) is 9.42. The Morgan fingerprint density at radius 2 is 1.76 bits per heavy atom. The van der Waals surface area contributed by atoms with Crippen LogP contribution in [0.3, 0.4) is 0 Å². The minimum absolute atomic E-state index is 0. The molecule has 1 amide bonds. The fourth-order valence-electron chi connectivity index (χ4n) is 2.73. The molecule has 0 aliphatic heterocycles. The van der Waals surface area contributed by atoms with Crippen LogP contribution < -0.4 is 16.4 Å². The zero-order valence-corrected chi connectivity index (χ0v) is 16.5. The number of nitrogen functional groups attached to an aromatic ring is 1. The second-order valence-electron chi connectivity index (χ2n) is 6.67. The summed E-state index contributed by atoms with van der Waals surface area (Å²) in [5, 5.41) is 33.1. The monoisotopic (exact) mass is 481 g/mol. The third-order valence-electron chi connectivity index (χ3n) is 4.33. The van der Waals surface area contributed by atoms with E-state index in [0.717, 1.165) is 0 Å². The fraction of sp³-hybridized carbons (Fsp3) is 0.211. The van der Waals surface area contributed by atoms with Crippen molar-refractivity contribution in [2.24, 2.45) is 0 Å². The van der Waals surface area contributed by atoms with Crippen LogP contribution >= 0.6 is 0 Å². The predicted octanol–water partition coefficient (Wildman–Crippen LogP) is -0.281. The first kappa shape index (κ1) is 26.3. The van der Waals surface area contributed by atoms with Crippen LogP contribution in [0.25, 0.3) is 11.2 Å². The van der Waals surface area contributed by atoms with Crippen LogP contribution in [0.1, 0.15) is 28.9 Å². The second kappa shape index (κ2) is 11.8. The van der Waals surface area contributed by atoms with Crippen molar-refractivity contribution >= 4 is 92.0 Å². The Morgan fingerprint density at radius 3 is 2.39 bits per heavy atom. The molecule has 0 bridgehead atoms. The first-order valence-corrected chi connectivity index (χ1v) is 9.30. The second-order valence-corrected chi connectivity index (χ2v) is 6.67. The Bertz CT molecular complexity index is 1180. The van der Waals surface area contributed by atoms with E-state index in [1.54, 1.807) is 12.1 Å². The maximum absolute atomic E-state index is 12.3. The Labute approximate surface area is 229 Å². The number of carbonyl (C=O) groups excluding carboxylic acids is 1. The Balaban J connectivity index is 0.00000385. The normalized spacial score (nSPS) is 11.3. The zero-order chi connectivity index (χ0) is 23.3. The number of aromatic hydroxyl groups is 1. The summed E-state index contributed by atoms with van der Waals surface area (Å²) in [5.41, 5.74) is 7.07. The fourth-order valence-corrected chi connectivity index (χ4v) is 2.73. The van der Waals surface area contributed by atoms with Crippen LogP contribution in [0.4, 0.5) is 11.6 Å². The standard InChI is InChI=1S/C19H19N7O6.K.H/c20-19-25-15-14(17(30)26-19)23-11(8-22-15)7-21-10-3-1-9(2-4-10)16(29)24-12(18(31)32)5-6-13(27)28;;/h1-4,8,12,21H,5-7H2,(H,24,29)(H,27,28)(H,31,32)(H3,20,22,25,26,30);;. The van der Waals surface area contributed by atoms with Crippen LogP contribution in [0, 0.1) is 0 Å². The molecule has 0 aliphatic carbocycles. The first-order chi connectivity index (χ1) is 15.2. The molecule has 1 aromatic carbocycles. The molecule has 14 heteroatoms. The average Bonchev–Trinajstić information content (AvgIpc) is 2.75. The van der Waals surface area contributed by atoms with Crippen molar-refractivity contribution in [3.8, 4) is 5.88 Å². The number of benzene rings is 1. The molecular weight excluding hydrogens is 461 g/mol. The SMILES string of the molecule is Nc1nc(O)c2nc(CNc3ccc(C(=O)NC(CCC(=O)O)C(=O)O)cc3)cnc2n1.[KH]. The third-order valence-corrected chi connectivity index (χ3v) is 4.33. The van der Waals surface area contributed by atoms with Gasteiger partial charge in [0.25, 0.3) is 5.91 Å². The number of carboxylic acid groups (broad SMARTS) is 2. The van der Waals surface area contributed by atoms with Crippen molar-refractivity contribution in [2.45, 2.75) is 25.4 Å². The van der Waals surface area contributed by atoms with Gasteiger partial charge in [-0.1, -0.05) is 0 Å². The molecule has 0 saturated heterocycles. The van der Waals surface area contributed by atoms with E-state index < -0.39 is 23.9 Å². The number of aliphatic carboxylic acids is 2. The molecule has 7 N–H and O–H groups in total. The number of rotatable bonds is 9. The average molecular weight is 482 g/mol. The van der Waals surface area contributed by atoms with Gasteiger partial charge in [0, 0.05) is 17.7 Å². The number of nitrogens with one attached hydrogen (secondary N) is 2. The summed E-state index contributed by atoms with van der Waals surface area (Å²) >= 11 is 0. The molecule has 13 nitrogen and oxygen atoms in total. The van der Waals surface area contributed by atoms with Gasteiger partial charge in [0.05, 0.1) is 18.4 Å². The predicted molar refractivity (Wildman–Crippen MR) is 118 cm³/mol. The molecule has 0 fully saturated rings. The van der Waals surface area contributed by atoms with E-state index in [1.807, 2.05) is 0 Å². The van der Waals surface area contributed by atoms with E-state index in [4.69, 9.17) is 15.9 Å². The van der Waals surface area contributed by atoms with E-state index in [-0.39, 0.29) is 99.3 Å². The van der Waals surface area contributed by atoms with Gasteiger partial charge in [0.15, 0.2) is 11.2 Å². The molecule has 2 heterocycles. The van der Waals surface area contributed by atoms with Crippen LogP contribution in [-0.4, -0.2) is 111 Å². The molecule has 33 heavy (non-hydrogen) atoms. The van der Waals surface area contributed by atoms with E-state index >= 15 is 0 Å². The van der Waals surface area contributed by atoms with Gasteiger partial charge in [0.1, 0.15) is 6.04 Å². The number of carbonyl (C=O) groups is 3. The molecule has 2 aromatic heterocycles. The molecule has 0 spiro atoms. The molecule has 0 radical (unpaired) electrons. The van der Waals surface area contributed by atoms with Crippen molar-refractivity contribution in [1.29, 1.82) is 0 Å². The van der Waals surface area contributed by atoms with Crippen LogP contribution in [0.2, 0.25) is 0 Å². The van der Waals surface area contributed by atoms with Gasteiger partial charge in [-0.3, -0.25) is 9.59 Å². The topological polar surface area (TPSA) is 214 Å². The van der Waals surface area contributed by atoms with Crippen molar-refractivity contribution < 1.29 is 29.7 Å². The number of carboxylic acids is 2. The molecule has 3 aromatic rings. The molecule has 3 rings (SSSR count). The number of hydrogen-bond donors (Lipinski definition) is 6. The van der Waals surface area contributed by atoms with Gasteiger partial charge in [-0.15, -0.1) is 0 Å². The van der Waals surface area contributed by atoms with Crippen molar-refractivity contribution in [1.82, 2.24) is 25.3 Å². The van der Waals surface area contributed by atoms with Gasteiger partial charge >= 0.3 is 63.3 Å². The van der Waals surface area contributed by atoms with Gasteiger partial charge in [-0.25, -0.2) is 14.8 Å². The third kappa shape index (κ3) is 7.29. The molecule has 0 aliphatic rings. The summed E-state index contributed by atoms with van der Waals surface area (Å²) in [5.74, 6) is -3.59. The summed E-state index contributed by atoms with van der Waals surface area (Å²) in [4.78, 5) is 50.0.